The van der Waals surface area contributed by atoms with Crippen LogP contribution in [0.5, 0.6) is 0 Å². The predicted octanol–water partition coefficient (Wildman–Crippen LogP) is 0.896. The SMILES string of the molecule is C#CCCCCOP(=O)([O-])OCCOCCOCCOCCOCCOCCOP(=O)([O-])OCC. The highest BCUT2D eigenvalue weighted by Crippen LogP contribution is 2.38. The molecule has 0 aromatic rings. The fourth-order valence-corrected chi connectivity index (χ4v) is 3.55. The van der Waals surface area contributed by atoms with E-state index in [1.165, 1.54) is 0 Å². The minimum atomic E-state index is -4.32. The number of terminal acetylenes is 1. The summed E-state index contributed by atoms with van der Waals surface area (Å²) in [7, 11) is -8.54. The maximum absolute atomic E-state index is 11.5. The first kappa shape index (κ1) is 34.6. The number of rotatable bonds is 27. The van der Waals surface area contributed by atoms with Crippen LogP contribution in [0.2, 0.25) is 0 Å². The molecule has 0 amide bonds. The molecule has 0 aromatic carbocycles. The molecular formula is C20H38O13P2-2. The van der Waals surface area contributed by atoms with Crippen molar-refractivity contribution in [3.8, 4) is 12.3 Å². The average molecular weight is 548 g/mol. The van der Waals surface area contributed by atoms with Crippen molar-refractivity contribution in [1.82, 2.24) is 0 Å². The zero-order chi connectivity index (χ0) is 26.1. The van der Waals surface area contributed by atoms with Crippen LogP contribution in [0.4, 0.5) is 0 Å². The van der Waals surface area contributed by atoms with Crippen LogP contribution in [0.1, 0.15) is 26.2 Å². The Labute approximate surface area is 207 Å². The van der Waals surface area contributed by atoms with Crippen LogP contribution in [0.15, 0.2) is 0 Å². The molecule has 0 fully saturated rings. The monoisotopic (exact) mass is 548 g/mol. The Morgan fingerprint density at radius 2 is 0.914 bits per heavy atom. The molecule has 35 heavy (non-hydrogen) atoms. The van der Waals surface area contributed by atoms with Crippen LogP contribution >= 0.6 is 15.6 Å². The molecule has 0 spiro atoms. The first-order valence-corrected chi connectivity index (χ1v) is 14.3. The van der Waals surface area contributed by atoms with Gasteiger partial charge in [0.1, 0.15) is 0 Å². The third-order valence-corrected chi connectivity index (χ3v) is 5.77. The van der Waals surface area contributed by atoms with Gasteiger partial charge < -0.3 is 51.6 Å². The quantitative estimate of drug-likeness (QED) is 0.0809. The molecule has 2 atom stereocenters. The van der Waals surface area contributed by atoms with Gasteiger partial charge in [0.15, 0.2) is 0 Å². The molecule has 208 valence electrons. The van der Waals surface area contributed by atoms with Crippen molar-refractivity contribution in [3.63, 3.8) is 0 Å². The van der Waals surface area contributed by atoms with Crippen molar-refractivity contribution in [1.29, 1.82) is 0 Å². The van der Waals surface area contributed by atoms with E-state index in [9.17, 15) is 18.9 Å². The maximum Gasteiger partial charge on any atom is 0.267 e. The molecule has 0 saturated carbocycles. The van der Waals surface area contributed by atoms with Crippen molar-refractivity contribution in [2.24, 2.45) is 0 Å². The van der Waals surface area contributed by atoms with Gasteiger partial charge in [-0.3, -0.25) is 9.13 Å². The van der Waals surface area contributed by atoms with Gasteiger partial charge in [-0.05, 0) is 19.8 Å². The minimum absolute atomic E-state index is 0.0243. The van der Waals surface area contributed by atoms with E-state index in [-0.39, 0.29) is 46.2 Å². The lowest BCUT2D eigenvalue weighted by molar-refractivity contribution is -0.227. The Hall–Kier alpha value is -0.420. The highest BCUT2D eigenvalue weighted by molar-refractivity contribution is 7.46. The van der Waals surface area contributed by atoms with Gasteiger partial charge >= 0.3 is 0 Å². The van der Waals surface area contributed by atoms with E-state index < -0.39 is 15.6 Å². The van der Waals surface area contributed by atoms with Gasteiger partial charge in [-0.2, -0.15) is 0 Å². The van der Waals surface area contributed by atoms with Gasteiger partial charge in [-0.1, -0.05) is 0 Å². The second-order valence-corrected chi connectivity index (χ2v) is 9.36. The Morgan fingerprint density at radius 3 is 1.29 bits per heavy atom. The molecule has 15 heteroatoms. The summed E-state index contributed by atoms with van der Waals surface area (Å²) in [5.74, 6) is 2.46. The molecule has 0 rings (SSSR count). The normalized spacial score (nSPS) is 14.9. The fourth-order valence-electron chi connectivity index (χ4n) is 2.14. The minimum Gasteiger partial charge on any atom is -0.756 e. The van der Waals surface area contributed by atoms with Gasteiger partial charge in [0.05, 0.1) is 92.5 Å². The summed E-state index contributed by atoms with van der Waals surface area (Å²) < 4.78 is 67.3. The van der Waals surface area contributed by atoms with Gasteiger partial charge in [-0.25, -0.2) is 0 Å². The van der Waals surface area contributed by atoms with Crippen molar-refractivity contribution in [3.05, 3.63) is 0 Å². The zero-order valence-corrected chi connectivity index (χ0v) is 22.1. The molecule has 0 aliphatic rings. The predicted molar refractivity (Wildman–Crippen MR) is 121 cm³/mol. The number of hydrogen-bond donors (Lipinski definition) is 0. The first-order valence-electron chi connectivity index (χ1n) is 11.4. The van der Waals surface area contributed by atoms with E-state index in [1.54, 1.807) is 6.92 Å². The summed E-state index contributed by atoms with van der Waals surface area (Å²) in [6.07, 6.45) is 6.92. The Kier molecular flexibility index (Phi) is 23.7. The highest BCUT2D eigenvalue weighted by Gasteiger charge is 2.09. The smallest absolute Gasteiger partial charge is 0.267 e. The standard InChI is InChI=1S/C20H40O13P2/c1-3-5-6-7-8-31-35(23,24)33-20-18-29-16-14-27-12-10-25-9-11-26-13-15-28-17-19-32-34(21,22)30-4-2/h1H,4-20H2,2H3,(H,21,22)(H,23,24)/p-2. The molecule has 0 heterocycles. The van der Waals surface area contributed by atoms with E-state index in [0.29, 0.717) is 65.5 Å². The topological polar surface area (TPSA) is 163 Å². The Balaban J connectivity index is 3.28. The largest absolute Gasteiger partial charge is 0.756 e. The molecule has 0 N–H and O–H groups in total. The van der Waals surface area contributed by atoms with E-state index in [2.05, 4.69) is 19.5 Å². The molecule has 0 aliphatic heterocycles. The van der Waals surface area contributed by atoms with E-state index in [0.717, 1.165) is 0 Å². The highest BCUT2D eigenvalue weighted by atomic mass is 31.2. The van der Waals surface area contributed by atoms with E-state index >= 15 is 0 Å². The lowest BCUT2D eigenvalue weighted by Gasteiger charge is -2.22. The number of phosphoric ester groups is 2. The third kappa shape index (κ3) is 26.5. The van der Waals surface area contributed by atoms with Gasteiger partial charge in [-0.15, -0.1) is 12.3 Å². The molecular weight excluding hydrogens is 510 g/mol. The summed E-state index contributed by atoms with van der Waals surface area (Å²) in [5, 5.41) is 0. The zero-order valence-electron chi connectivity index (χ0n) is 20.3. The van der Waals surface area contributed by atoms with Gasteiger partial charge in [0.2, 0.25) is 0 Å². The average Bonchev–Trinajstić information content (AvgIpc) is 2.80. The van der Waals surface area contributed by atoms with Crippen molar-refractivity contribution >= 4 is 15.6 Å². The molecule has 13 nitrogen and oxygen atoms in total. The molecule has 0 radical (unpaired) electrons. The summed E-state index contributed by atoms with van der Waals surface area (Å²) in [4.78, 5) is 22.6. The summed E-state index contributed by atoms with van der Waals surface area (Å²) in [6, 6.07) is 0. The van der Waals surface area contributed by atoms with E-state index in [1.807, 2.05) is 0 Å². The van der Waals surface area contributed by atoms with Crippen LogP contribution in [-0.2, 0) is 50.9 Å². The fraction of sp³-hybridized carbons (Fsp3) is 0.900. The van der Waals surface area contributed by atoms with Crippen LogP contribution in [-0.4, -0.2) is 92.5 Å². The van der Waals surface area contributed by atoms with E-state index in [4.69, 9.17) is 34.6 Å². The lowest BCUT2D eigenvalue weighted by atomic mass is 10.2. The summed E-state index contributed by atoms with van der Waals surface area (Å²) in [6.45, 7) is 4.32. The first-order chi connectivity index (χ1) is 16.8. The van der Waals surface area contributed by atoms with Crippen LogP contribution < -0.4 is 9.79 Å². The third-order valence-electron chi connectivity index (χ3n) is 3.69. The van der Waals surface area contributed by atoms with Crippen molar-refractivity contribution in [2.45, 2.75) is 26.2 Å². The molecule has 0 bridgehead atoms. The molecule has 0 aliphatic carbocycles. The van der Waals surface area contributed by atoms with Crippen LogP contribution in [0.3, 0.4) is 0 Å². The second kappa shape index (κ2) is 23.9. The Morgan fingerprint density at radius 1 is 0.571 bits per heavy atom. The molecule has 2 unspecified atom stereocenters. The second-order valence-electron chi connectivity index (χ2n) is 6.53. The molecule has 0 saturated heterocycles. The number of ether oxygens (including phenoxy) is 5. The van der Waals surface area contributed by atoms with Crippen LogP contribution in [0.25, 0.3) is 0 Å². The Bertz CT molecular complexity index is 614. The van der Waals surface area contributed by atoms with Gasteiger partial charge in [0.25, 0.3) is 15.6 Å². The number of hydrogen-bond acceptors (Lipinski definition) is 13. The maximum atomic E-state index is 11.5. The van der Waals surface area contributed by atoms with Crippen LogP contribution in [0, 0.1) is 12.3 Å². The molecule has 0 aromatic heterocycles. The number of phosphoric acid groups is 2. The van der Waals surface area contributed by atoms with Crippen molar-refractivity contribution in [2.75, 3.05) is 92.5 Å². The summed E-state index contributed by atoms with van der Waals surface area (Å²) in [5.41, 5.74) is 0. The lowest BCUT2D eigenvalue weighted by Crippen LogP contribution is -2.15. The van der Waals surface area contributed by atoms with Gasteiger partial charge in [0, 0.05) is 6.42 Å². The summed E-state index contributed by atoms with van der Waals surface area (Å²) >= 11 is 0. The number of unbranched alkanes of at least 4 members (excludes halogenated alkanes) is 2. The van der Waals surface area contributed by atoms with Crippen molar-refractivity contribution < 1.29 is 60.7 Å².